The fourth-order valence-corrected chi connectivity index (χ4v) is 1.83. The smallest absolute Gasteiger partial charge is 0.191 e. The van der Waals surface area contributed by atoms with Crippen molar-refractivity contribution in [2.75, 3.05) is 26.7 Å². The van der Waals surface area contributed by atoms with Gasteiger partial charge in [0.25, 0.3) is 0 Å². The highest BCUT2D eigenvalue weighted by Crippen LogP contribution is 2.27. The SMILES string of the molecule is CN=C(NCCOc1cccc(C)c1)NCC1CC1.I. The van der Waals surface area contributed by atoms with E-state index >= 15 is 0 Å². The van der Waals surface area contributed by atoms with Gasteiger partial charge >= 0.3 is 0 Å². The predicted octanol–water partition coefficient (Wildman–Crippen LogP) is 2.57. The Bertz CT molecular complexity index is 433. The van der Waals surface area contributed by atoms with E-state index in [9.17, 15) is 0 Å². The van der Waals surface area contributed by atoms with Crippen molar-refractivity contribution in [1.82, 2.24) is 10.6 Å². The molecule has 4 nitrogen and oxygen atoms in total. The normalized spacial score (nSPS) is 14.4. The number of hydrogen-bond donors (Lipinski definition) is 2. The maximum Gasteiger partial charge on any atom is 0.191 e. The van der Waals surface area contributed by atoms with Gasteiger partial charge in [-0.15, -0.1) is 24.0 Å². The molecule has 5 heteroatoms. The van der Waals surface area contributed by atoms with Crippen LogP contribution in [0.3, 0.4) is 0 Å². The van der Waals surface area contributed by atoms with Gasteiger partial charge in [0, 0.05) is 13.6 Å². The Balaban J connectivity index is 0.00000200. The van der Waals surface area contributed by atoms with Crippen molar-refractivity contribution in [2.24, 2.45) is 10.9 Å². The van der Waals surface area contributed by atoms with Crippen molar-refractivity contribution in [3.05, 3.63) is 29.8 Å². The van der Waals surface area contributed by atoms with Gasteiger partial charge in [0.1, 0.15) is 12.4 Å². The molecular weight excluding hydrogens is 365 g/mol. The topological polar surface area (TPSA) is 45.7 Å². The number of benzene rings is 1. The van der Waals surface area contributed by atoms with Gasteiger partial charge in [-0.25, -0.2) is 0 Å². The second-order valence-electron chi connectivity index (χ2n) is 4.99. The van der Waals surface area contributed by atoms with Crippen molar-refractivity contribution in [3.8, 4) is 5.75 Å². The fraction of sp³-hybridized carbons (Fsp3) is 0.533. The summed E-state index contributed by atoms with van der Waals surface area (Å²) in [5, 5.41) is 6.57. The Morgan fingerprint density at radius 3 is 2.80 bits per heavy atom. The van der Waals surface area contributed by atoms with Crippen LogP contribution in [0, 0.1) is 12.8 Å². The van der Waals surface area contributed by atoms with Crippen LogP contribution in [0.2, 0.25) is 0 Å². The van der Waals surface area contributed by atoms with Gasteiger partial charge in [0.05, 0.1) is 6.54 Å². The summed E-state index contributed by atoms with van der Waals surface area (Å²) in [6.45, 7) is 4.47. The molecule has 0 unspecified atom stereocenters. The summed E-state index contributed by atoms with van der Waals surface area (Å²) in [7, 11) is 1.80. The molecular formula is C15H24IN3O. The van der Waals surface area contributed by atoms with Gasteiger partial charge in [-0.05, 0) is 43.4 Å². The van der Waals surface area contributed by atoms with E-state index in [4.69, 9.17) is 4.74 Å². The molecule has 1 aliphatic carbocycles. The summed E-state index contributed by atoms with van der Waals surface area (Å²) in [4.78, 5) is 4.19. The van der Waals surface area contributed by atoms with Gasteiger partial charge in [-0.3, -0.25) is 4.99 Å². The third-order valence-electron chi connectivity index (χ3n) is 3.13. The van der Waals surface area contributed by atoms with E-state index in [2.05, 4.69) is 28.6 Å². The highest BCUT2D eigenvalue weighted by molar-refractivity contribution is 14.0. The van der Waals surface area contributed by atoms with Crippen molar-refractivity contribution in [1.29, 1.82) is 0 Å². The summed E-state index contributed by atoms with van der Waals surface area (Å²) in [6.07, 6.45) is 2.70. The molecule has 0 spiro atoms. The molecule has 2 N–H and O–H groups in total. The van der Waals surface area contributed by atoms with Crippen molar-refractivity contribution in [2.45, 2.75) is 19.8 Å². The van der Waals surface area contributed by atoms with E-state index in [-0.39, 0.29) is 24.0 Å². The number of rotatable bonds is 6. The molecule has 20 heavy (non-hydrogen) atoms. The van der Waals surface area contributed by atoms with E-state index in [1.807, 2.05) is 18.2 Å². The van der Waals surface area contributed by atoms with Crippen LogP contribution in [-0.4, -0.2) is 32.7 Å². The van der Waals surface area contributed by atoms with Crippen molar-refractivity contribution in [3.63, 3.8) is 0 Å². The summed E-state index contributed by atoms with van der Waals surface area (Å²) < 4.78 is 5.67. The number of aliphatic imine (C=N–C) groups is 1. The van der Waals surface area contributed by atoms with Crippen molar-refractivity contribution < 1.29 is 4.74 Å². The highest BCUT2D eigenvalue weighted by atomic mass is 127. The molecule has 1 aromatic rings. The van der Waals surface area contributed by atoms with Gasteiger partial charge in [0.15, 0.2) is 5.96 Å². The molecule has 1 aromatic carbocycles. The minimum absolute atomic E-state index is 0. The Kier molecular flexibility index (Phi) is 7.72. The molecule has 1 fully saturated rings. The monoisotopic (exact) mass is 389 g/mol. The minimum atomic E-state index is 0. The van der Waals surface area contributed by atoms with Gasteiger partial charge < -0.3 is 15.4 Å². The lowest BCUT2D eigenvalue weighted by atomic mass is 10.2. The van der Waals surface area contributed by atoms with E-state index in [0.29, 0.717) is 6.61 Å². The molecule has 0 atom stereocenters. The Morgan fingerprint density at radius 2 is 2.15 bits per heavy atom. The fourth-order valence-electron chi connectivity index (χ4n) is 1.83. The van der Waals surface area contributed by atoms with E-state index in [0.717, 1.165) is 30.7 Å². The number of nitrogens with one attached hydrogen (secondary N) is 2. The number of hydrogen-bond acceptors (Lipinski definition) is 2. The van der Waals surface area contributed by atoms with E-state index < -0.39 is 0 Å². The maximum absolute atomic E-state index is 5.67. The molecule has 0 radical (unpaired) electrons. The van der Waals surface area contributed by atoms with Crippen LogP contribution in [-0.2, 0) is 0 Å². The largest absolute Gasteiger partial charge is 0.492 e. The quantitative estimate of drug-likeness (QED) is 0.340. The molecule has 0 aromatic heterocycles. The molecule has 0 amide bonds. The zero-order chi connectivity index (χ0) is 13.5. The molecule has 0 bridgehead atoms. The van der Waals surface area contributed by atoms with Gasteiger partial charge in [0.2, 0.25) is 0 Å². The molecule has 0 saturated heterocycles. The lowest BCUT2D eigenvalue weighted by molar-refractivity contribution is 0.321. The average molecular weight is 389 g/mol. The summed E-state index contributed by atoms with van der Waals surface area (Å²) >= 11 is 0. The molecule has 1 saturated carbocycles. The first-order valence-electron chi connectivity index (χ1n) is 6.92. The third kappa shape index (κ3) is 6.45. The van der Waals surface area contributed by atoms with Crippen LogP contribution in [0.4, 0.5) is 0 Å². The first kappa shape index (κ1) is 17.1. The number of guanidine groups is 1. The predicted molar refractivity (Wildman–Crippen MR) is 94.2 cm³/mol. The number of ether oxygens (including phenoxy) is 1. The number of aryl methyl sites for hydroxylation is 1. The first-order chi connectivity index (χ1) is 9.28. The van der Waals surface area contributed by atoms with Gasteiger partial charge in [-0.2, -0.15) is 0 Å². The Morgan fingerprint density at radius 1 is 1.35 bits per heavy atom. The summed E-state index contributed by atoms with van der Waals surface area (Å²) in [6, 6.07) is 8.09. The average Bonchev–Trinajstić information content (AvgIpc) is 3.22. The lowest BCUT2D eigenvalue weighted by Crippen LogP contribution is -2.40. The third-order valence-corrected chi connectivity index (χ3v) is 3.13. The highest BCUT2D eigenvalue weighted by Gasteiger charge is 2.20. The molecule has 0 aliphatic heterocycles. The zero-order valence-electron chi connectivity index (χ0n) is 12.2. The van der Waals surface area contributed by atoms with Crippen LogP contribution >= 0.6 is 24.0 Å². The second-order valence-corrected chi connectivity index (χ2v) is 4.99. The van der Waals surface area contributed by atoms with E-state index in [1.165, 1.54) is 18.4 Å². The van der Waals surface area contributed by atoms with Crippen LogP contribution in [0.1, 0.15) is 18.4 Å². The van der Waals surface area contributed by atoms with Crippen LogP contribution in [0.5, 0.6) is 5.75 Å². The van der Waals surface area contributed by atoms with E-state index in [1.54, 1.807) is 7.05 Å². The van der Waals surface area contributed by atoms with Crippen molar-refractivity contribution >= 4 is 29.9 Å². The zero-order valence-corrected chi connectivity index (χ0v) is 14.5. The molecule has 0 heterocycles. The molecule has 1 aliphatic rings. The standard InChI is InChI=1S/C15H23N3O.HI/c1-12-4-3-5-14(10-12)19-9-8-17-15(16-2)18-11-13-6-7-13;/h3-5,10,13H,6-9,11H2,1-2H3,(H2,16,17,18);1H. The summed E-state index contributed by atoms with van der Waals surface area (Å²) in [5.74, 6) is 2.63. The number of halogens is 1. The van der Waals surface area contributed by atoms with Crippen LogP contribution < -0.4 is 15.4 Å². The minimum Gasteiger partial charge on any atom is -0.492 e. The second kappa shape index (κ2) is 9.05. The summed E-state index contributed by atoms with van der Waals surface area (Å²) in [5.41, 5.74) is 1.22. The molecule has 2 rings (SSSR count). The first-order valence-corrected chi connectivity index (χ1v) is 6.92. The van der Waals surface area contributed by atoms with Crippen LogP contribution in [0.25, 0.3) is 0 Å². The maximum atomic E-state index is 5.67. The number of nitrogens with zero attached hydrogens (tertiary/aromatic N) is 1. The lowest BCUT2D eigenvalue weighted by Gasteiger charge is -2.12. The van der Waals surface area contributed by atoms with Gasteiger partial charge in [-0.1, -0.05) is 12.1 Å². The molecule has 112 valence electrons. The Hall–Kier alpha value is -0.980. The Labute approximate surface area is 138 Å². The van der Waals surface area contributed by atoms with Crippen LogP contribution in [0.15, 0.2) is 29.3 Å².